The van der Waals surface area contributed by atoms with Crippen molar-refractivity contribution in [2.45, 2.75) is 26.5 Å². The van der Waals surface area contributed by atoms with E-state index in [1.165, 1.54) is 30.1 Å². The van der Waals surface area contributed by atoms with Crippen molar-refractivity contribution < 1.29 is 23.7 Å². The van der Waals surface area contributed by atoms with Crippen LogP contribution in [0.3, 0.4) is 0 Å². The molecule has 11 heteroatoms. The van der Waals surface area contributed by atoms with Gasteiger partial charge >= 0.3 is 5.97 Å². The summed E-state index contributed by atoms with van der Waals surface area (Å²) >= 11 is 7.54. The smallest absolute Gasteiger partial charge is 0.338 e. The fraction of sp³-hybridized carbons (Fsp3) is 0.212. The Morgan fingerprint density at radius 1 is 1.07 bits per heavy atom. The minimum absolute atomic E-state index is 0.165. The molecule has 9 nitrogen and oxygen atoms in total. The number of hydrogen-bond donors (Lipinski definition) is 0. The van der Waals surface area contributed by atoms with Gasteiger partial charge in [-0.1, -0.05) is 41.1 Å². The maximum absolute atomic E-state index is 14.1. The highest BCUT2D eigenvalue weighted by molar-refractivity contribution is 7.07. The molecule has 3 aromatic carbocycles. The maximum atomic E-state index is 14.1. The standard InChI is InChI=1S/C33H28ClN3O6S/c1-5-42-32(39)29-19(2)36-33-37(30(29)22-10-12-26(40-3)27(15-22)41-4)31(38)28(44-33)16-23-14-24(34)11-13-25(23)43-18-21-8-6-20(17-35)7-9-21/h6-16,30H,5,18H2,1-4H3/b28-16+/t30-/m0/s1. The average Bonchev–Trinajstić information content (AvgIpc) is 3.33. The molecule has 224 valence electrons. The number of nitriles is 1. The van der Waals surface area contributed by atoms with Crippen molar-refractivity contribution in [3.8, 4) is 23.3 Å². The van der Waals surface area contributed by atoms with Crippen LogP contribution in [0.25, 0.3) is 6.08 Å². The second-order valence-electron chi connectivity index (χ2n) is 9.70. The molecule has 0 unspecified atom stereocenters. The highest BCUT2D eigenvalue weighted by Crippen LogP contribution is 2.36. The zero-order valence-electron chi connectivity index (χ0n) is 24.4. The minimum Gasteiger partial charge on any atom is -0.493 e. The number of benzene rings is 3. The molecule has 0 spiro atoms. The number of aromatic nitrogens is 1. The van der Waals surface area contributed by atoms with E-state index < -0.39 is 12.0 Å². The van der Waals surface area contributed by atoms with Gasteiger partial charge in [0.1, 0.15) is 12.4 Å². The number of rotatable bonds is 9. The Balaban J connectivity index is 1.62. The van der Waals surface area contributed by atoms with E-state index in [-0.39, 0.29) is 24.3 Å². The first-order valence-corrected chi connectivity index (χ1v) is 14.8. The lowest BCUT2D eigenvalue weighted by Crippen LogP contribution is -2.40. The van der Waals surface area contributed by atoms with Crippen molar-refractivity contribution in [2.24, 2.45) is 4.99 Å². The third-order valence-corrected chi connectivity index (χ3v) is 8.19. The van der Waals surface area contributed by atoms with Crippen LogP contribution in [0.2, 0.25) is 5.02 Å². The monoisotopic (exact) mass is 629 g/mol. The Bertz CT molecular complexity index is 1990. The molecule has 0 amide bonds. The molecule has 2 heterocycles. The van der Waals surface area contributed by atoms with Gasteiger partial charge in [-0.15, -0.1) is 0 Å². The van der Waals surface area contributed by atoms with Gasteiger partial charge in [-0.3, -0.25) is 9.36 Å². The lowest BCUT2D eigenvalue weighted by Gasteiger charge is -2.25. The number of halogens is 1. The van der Waals surface area contributed by atoms with Gasteiger partial charge in [0.05, 0.1) is 54.3 Å². The molecule has 0 bridgehead atoms. The van der Waals surface area contributed by atoms with Crippen LogP contribution in [0, 0.1) is 11.3 Å². The summed E-state index contributed by atoms with van der Waals surface area (Å²) in [6.45, 7) is 3.86. The highest BCUT2D eigenvalue weighted by atomic mass is 35.5. The van der Waals surface area contributed by atoms with Crippen LogP contribution in [0.15, 0.2) is 81.7 Å². The molecule has 44 heavy (non-hydrogen) atoms. The Kier molecular flexibility index (Phi) is 9.18. The van der Waals surface area contributed by atoms with E-state index in [0.717, 1.165) is 5.56 Å². The van der Waals surface area contributed by atoms with E-state index >= 15 is 0 Å². The third-order valence-electron chi connectivity index (χ3n) is 6.98. The fourth-order valence-corrected chi connectivity index (χ4v) is 6.09. The van der Waals surface area contributed by atoms with E-state index in [0.29, 0.717) is 54.0 Å². The number of methoxy groups -OCH3 is 2. The van der Waals surface area contributed by atoms with Crippen molar-refractivity contribution in [1.29, 1.82) is 5.26 Å². The number of carbonyl (C=O) groups excluding carboxylic acids is 1. The molecular weight excluding hydrogens is 602 g/mol. The van der Waals surface area contributed by atoms with Gasteiger partial charge in [0.15, 0.2) is 16.3 Å². The van der Waals surface area contributed by atoms with Gasteiger partial charge in [0.25, 0.3) is 5.56 Å². The second-order valence-corrected chi connectivity index (χ2v) is 11.1. The molecule has 5 rings (SSSR count). The summed E-state index contributed by atoms with van der Waals surface area (Å²) in [6, 6.07) is 18.8. The number of allylic oxidation sites excluding steroid dienone is 1. The van der Waals surface area contributed by atoms with Gasteiger partial charge < -0.3 is 18.9 Å². The van der Waals surface area contributed by atoms with Crippen LogP contribution in [0.4, 0.5) is 0 Å². The average molecular weight is 630 g/mol. The van der Waals surface area contributed by atoms with Crippen LogP contribution < -0.4 is 29.1 Å². The zero-order valence-corrected chi connectivity index (χ0v) is 26.0. The first-order valence-electron chi connectivity index (χ1n) is 13.6. The highest BCUT2D eigenvalue weighted by Gasteiger charge is 2.34. The summed E-state index contributed by atoms with van der Waals surface area (Å²) in [6.07, 6.45) is 1.71. The summed E-state index contributed by atoms with van der Waals surface area (Å²) in [5.74, 6) is 0.921. The number of carbonyl (C=O) groups is 1. The van der Waals surface area contributed by atoms with E-state index in [4.69, 9.17) is 35.8 Å². The summed E-state index contributed by atoms with van der Waals surface area (Å²) in [5.41, 5.74) is 3.02. The van der Waals surface area contributed by atoms with E-state index in [9.17, 15) is 9.59 Å². The van der Waals surface area contributed by atoms with E-state index in [1.54, 1.807) is 68.5 Å². The molecule has 0 N–H and O–H groups in total. The van der Waals surface area contributed by atoms with Gasteiger partial charge in [0, 0.05) is 10.6 Å². The third kappa shape index (κ3) is 6.11. The van der Waals surface area contributed by atoms with Crippen molar-refractivity contribution >= 4 is 35.0 Å². The Morgan fingerprint density at radius 2 is 1.80 bits per heavy atom. The lowest BCUT2D eigenvalue weighted by molar-refractivity contribution is -0.139. The number of thiazole rings is 1. The van der Waals surface area contributed by atoms with Gasteiger partial charge in [-0.2, -0.15) is 5.26 Å². The quantitative estimate of drug-likeness (QED) is 0.242. The van der Waals surface area contributed by atoms with Crippen LogP contribution in [0.5, 0.6) is 17.2 Å². The van der Waals surface area contributed by atoms with Crippen LogP contribution >= 0.6 is 22.9 Å². The maximum Gasteiger partial charge on any atom is 0.338 e. The molecule has 4 aromatic rings. The molecule has 1 aromatic heterocycles. The Labute approximate surface area is 262 Å². The molecule has 0 radical (unpaired) electrons. The Morgan fingerprint density at radius 3 is 2.48 bits per heavy atom. The SMILES string of the molecule is CCOC(=O)C1=C(C)N=c2s/c(=C/c3cc(Cl)ccc3OCc3ccc(C#N)cc3)c(=O)n2[C@H]1c1ccc(OC)c(OC)c1. The predicted octanol–water partition coefficient (Wildman–Crippen LogP) is 4.92. The predicted molar refractivity (Wildman–Crippen MR) is 167 cm³/mol. The molecule has 0 fully saturated rings. The molecule has 0 aliphatic carbocycles. The topological polar surface area (TPSA) is 112 Å². The number of fused-ring (bicyclic) bond motifs is 1. The van der Waals surface area contributed by atoms with Crippen LogP contribution in [-0.2, 0) is 16.1 Å². The number of esters is 1. The molecular formula is C33H28ClN3O6S. The molecule has 0 saturated carbocycles. The molecule has 1 aliphatic rings. The van der Waals surface area contributed by atoms with E-state index in [2.05, 4.69) is 11.1 Å². The van der Waals surface area contributed by atoms with Gasteiger partial charge in [-0.05, 0) is 73.5 Å². The summed E-state index contributed by atoms with van der Waals surface area (Å²) in [4.78, 5) is 32.4. The summed E-state index contributed by atoms with van der Waals surface area (Å²) in [5, 5.41) is 9.53. The normalized spacial score (nSPS) is 14.4. The van der Waals surface area contributed by atoms with Crippen molar-refractivity contribution in [3.63, 3.8) is 0 Å². The fourth-order valence-electron chi connectivity index (χ4n) is 4.87. The van der Waals surface area contributed by atoms with Gasteiger partial charge in [-0.25, -0.2) is 9.79 Å². The van der Waals surface area contributed by atoms with Crippen molar-refractivity contribution in [3.05, 3.63) is 119 Å². The summed E-state index contributed by atoms with van der Waals surface area (Å²) < 4.78 is 24.3. The zero-order chi connectivity index (χ0) is 31.4. The first kappa shape index (κ1) is 30.6. The number of nitrogens with zero attached hydrogens (tertiary/aromatic N) is 3. The summed E-state index contributed by atoms with van der Waals surface area (Å²) in [7, 11) is 3.05. The molecule has 1 atom stereocenters. The van der Waals surface area contributed by atoms with Crippen molar-refractivity contribution in [1.82, 2.24) is 4.57 Å². The van der Waals surface area contributed by atoms with E-state index in [1.807, 2.05) is 12.1 Å². The Hall–Kier alpha value is -4.85. The molecule has 0 saturated heterocycles. The number of hydrogen-bond acceptors (Lipinski definition) is 9. The molecule has 1 aliphatic heterocycles. The minimum atomic E-state index is -0.821. The van der Waals surface area contributed by atoms with Crippen LogP contribution in [0.1, 0.15) is 42.1 Å². The first-order chi connectivity index (χ1) is 21.3. The van der Waals surface area contributed by atoms with Gasteiger partial charge in [0.2, 0.25) is 0 Å². The number of ether oxygens (including phenoxy) is 4. The second kappa shape index (κ2) is 13.2. The lowest BCUT2D eigenvalue weighted by atomic mass is 9.95. The van der Waals surface area contributed by atoms with Crippen LogP contribution in [-0.4, -0.2) is 31.4 Å². The van der Waals surface area contributed by atoms with Crippen molar-refractivity contribution in [2.75, 3.05) is 20.8 Å². The largest absolute Gasteiger partial charge is 0.493 e.